The number of hydrogen-bond donors (Lipinski definition) is 1. The van der Waals surface area contributed by atoms with E-state index in [9.17, 15) is 18.0 Å². The van der Waals surface area contributed by atoms with Crippen molar-refractivity contribution < 1.29 is 18.0 Å². The van der Waals surface area contributed by atoms with Gasteiger partial charge in [-0.05, 0) is 50.5 Å². The molecule has 27 heavy (non-hydrogen) atoms. The van der Waals surface area contributed by atoms with Crippen LogP contribution in [0, 0.1) is 19.8 Å². The van der Waals surface area contributed by atoms with Gasteiger partial charge in [-0.25, -0.2) is 0 Å². The first-order valence-electron chi connectivity index (χ1n) is 9.21. The lowest BCUT2D eigenvalue weighted by Gasteiger charge is -2.33. The topological polar surface area (TPSA) is 46.9 Å². The van der Waals surface area contributed by atoms with E-state index in [-0.39, 0.29) is 6.42 Å². The summed E-state index contributed by atoms with van der Waals surface area (Å²) in [5.41, 5.74) is 3.18. The standard InChI is InChI=1S/C20H24F3N3O/c1-13-10-14(2)26(25-13)12-15-6-5-7-16(11-15)19(27)24-18-9-4-3-8-17(18)20(21,22)23/h5-7,10-11,17-18H,3-4,8-9,12H2,1-2H3,(H,24,27). The Balaban J connectivity index is 1.72. The van der Waals surface area contributed by atoms with Gasteiger partial charge in [0.15, 0.2) is 0 Å². The van der Waals surface area contributed by atoms with Gasteiger partial charge in [0.1, 0.15) is 0 Å². The average molecular weight is 379 g/mol. The van der Waals surface area contributed by atoms with Crippen LogP contribution in [-0.2, 0) is 6.54 Å². The zero-order valence-electron chi connectivity index (χ0n) is 15.5. The highest BCUT2D eigenvalue weighted by Crippen LogP contribution is 2.37. The molecule has 0 spiro atoms. The highest BCUT2D eigenvalue weighted by Gasteiger charge is 2.45. The lowest BCUT2D eigenvalue weighted by Crippen LogP contribution is -2.47. The summed E-state index contributed by atoms with van der Waals surface area (Å²) >= 11 is 0. The molecule has 1 aromatic carbocycles. The summed E-state index contributed by atoms with van der Waals surface area (Å²) in [4.78, 5) is 12.6. The van der Waals surface area contributed by atoms with Gasteiger partial charge in [0.25, 0.3) is 5.91 Å². The minimum atomic E-state index is -4.28. The Morgan fingerprint density at radius 1 is 1.22 bits per heavy atom. The quantitative estimate of drug-likeness (QED) is 0.856. The van der Waals surface area contributed by atoms with E-state index in [0.717, 1.165) is 17.0 Å². The molecule has 146 valence electrons. The van der Waals surface area contributed by atoms with Gasteiger partial charge in [-0.1, -0.05) is 25.0 Å². The van der Waals surface area contributed by atoms with Crippen LogP contribution in [0.5, 0.6) is 0 Å². The normalized spacial score (nSPS) is 20.5. The molecule has 1 saturated carbocycles. The minimum Gasteiger partial charge on any atom is -0.349 e. The van der Waals surface area contributed by atoms with Gasteiger partial charge in [-0.2, -0.15) is 18.3 Å². The number of nitrogens with one attached hydrogen (secondary N) is 1. The number of amides is 1. The molecule has 1 fully saturated rings. The third kappa shape index (κ3) is 4.70. The van der Waals surface area contributed by atoms with Crippen LogP contribution in [0.15, 0.2) is 30.3 Å². The molecule has 3 rings (SSSR count). The first-order valence-corrected chi connectivity index (χ1v) is 9.21. The van der Waals surface area contributed by atoms with E-state index in [1.54, 1.807) is 18.2 Å². The Kier molecular flexibility index (Phi) is 5.58. The van der Waals surface area contributed by atoms with Crippen LogP contribution in [0.3, 0.4) is 0 Å². The summed E-state index contributed by atoms with van der Waals surface area (Å²) in [5.74, 6) is -1.92. The molecule has 2 atom stereocenters. The molecule has 0 bridgehead atoms. The lowest BCUT2D eigenvalue weighted by atomic mass is 9.84. The number of rotatable bonds is 4. The fourth-order valence-electron chi connectivity index (χ4n) is 3.77. The zero-order chi connectivity index (χ0) is 19.6. The molecular formula is C20H24F3N3O. The highest BCUT2D eigenvalue weighted by molar-refractivity contribution is 5.94. The van der Waals surface area contributed by atoms with Crippen LogP contribution < -0.4 is 5.32 Å². The maximum Gasteiger partial charge on any atom is 0.393 e. The number of halogens is 3. The van der Waals surface area contributed by atoms with Gasteiger partial charge >= 0.3 is 6.18 Å². The van der Waals surface area contributed by atoms with Gasteiger partial charge in [0.2, 0.25) is 0 Å². The second kappa shape index (κ2) is 7.74. The van der Waals surface area contributed by atoms with E-state index in [0.29, 0.717) is 31.4 Å². The van der Waals surface area contributed by atoms with Crippen molar-refractivity contribution in [2.75, 3.05) is 0 Å². The van der Waals surface area contributed by atoms with Crippen LogP contribution in [0.4, 0.5) is 13.2 Å². The molecule has 7 heteroatoms. The summed E-state index contributed by atoms with van der Waals surface area (Å²) in [6.07, 6.45) is -2.59. The van der Waals surface area contributed by atoms with Crippen molar-refractivity contribution in [1.82, 2.24) is 15.1 Å². The Morgan fingerprint density at radius 3 is 2.63 bits per heavy atom. The molecule has 1 heterocycles. The van der Waals surface area contributed by atoms with Gasteiger partial charge in [-0.3, -0.25) is 9.48 Å². The molecule has 0 aliphatic heterocycles. The van der Waals surface area contributed by atoms with E-state index in [1.807, 2.05) is 30.7 Å². The van der Waals surface area contributed by atoms with Crippen molar-refractivity contribution in [2.24, 2.45) is 5.92 Å². The molecule has 0 saturated heterocycles. The maximum atomic E-state index is 13.2. The number of benzene rings is 1. The molecule has 0 radical (unpaired) electrons. The highest BCUT2D eigenvalue weighted by atomic mass is 19.4. The molecule has 1 aliphatic rings. The number of aromatic nitrogens is 2. The molecule has 1 amide bonds. The van der Waals surface area contributed by atoms with Crippen LogP contribution in [-0.4, -0.2) is 27.9 Å². The lowest BCUT2D eigenvalue weighted by molar-refractivity contribution is -0.187. The zero-order valence-corrected chi connectivity index (χ0v) is 15.5. The SMILES string of the molecule is Cc1cc(C)n(Cc2cccc(C(=O)NC3CCCCC3C(F)(F)F)c2)n1. The van der Waals surface area contributed by atoms with Crippen molar-refractivity contribution in [2.45, 2.75) is 58.3 Å². The van der Waals surface area contributed by atoms with E-state index < -0.39 is 24.0 Å². The van der Waals surface area contributed by atoms with Gasteiger partial charge in [0, 0.05) is 17.3 Å². The predicted molar refractivity (Wildman–Crippen MR) is 96.5 cm³/mol. The van der Waals surface area contributed by atoms with Gasteiger partial charge in [0.05, 0.1) is 18.2 Å². The van der Waals surface area contributed by atoms with E-state index in [1.165, 1.54) is 0 Å². The first-order chi connectivity index (χ1) is 12.7. The summed E-state index contributed by atoms with van der Waals surface area (Å²) in [6.45, 7) is 4.38. The smallest absolute Gasteiger partial charge is 0.349 e. The fourth-order valence-corrected chi connectivity index (χ4v) is 3.77. The largest absolute Gasteiger partial charge is 0.393 e. The summed E-state index contributed by atoms with van der Waals surface area (Å²) < 4.78 is 41.5. The van der Waals surface area contributed by atoms with Crippen LogP contribution >= 0.6 is 0 Å². The second-order valence-corrected chi connectivity index (χ2v) is 7.30. The number of aryl methyl sites for hydroxylation is 2. The number of hydrogen-bond acceptors (Lipinski definition) is 2. The first kappa shape index (κ1) is 19.5. The fraction of sp³-hybridized carbons (Fsp3) is 0.500. The van der Waals surface area contributed by atoms with E-state index in [4.69, 9.17) is 0 Å². The number of carbonyl (C=O) groups is 1. The minimum absolute atomic E-state index is 0.0758. The maximum absolute atomic E-state index is 13.2. The molecule has 1 aromatic heterocycles. The Labute approximate surface area is 156 Å². The monoisotopic (exact) mass is 379 g/mol. The molecule has 2 aromatic rings. The van der Waals surface area contributed by atoms with Crippen molar-refractivity contribution in [1.29, 1.82) is 0 Å². The predicted octanol–water partition coefficient (Wildman–Crippen LogP) is 4.40. The average Bonchev–Trinajstić information content (AvgIpc) is 2.92. The van der Waals surface area contributed by atoms with Crippen LogP contribution in [0.1, 0.15) is 53.0 Å². The van der Waals surface area contributed by atoms with Crippen molar-refractivity contribution in [3.63, 3.8) is 0 Å². The second-order valence-electron chi connectivity index (χ2n) is 7.30. The number of carbonyl (C=O) groups excluding carboxylic acids is 1. The van der Waals surface area contributed by atoms with Crippen LogP contribution in [0.2, 0.25) is 0 Å². The van der Waals surface area contributed by atoms with Crippen molar-refractivity contribution >= 4 is 5.91 Å². The Bertz CT molecular complexity index is 813. The molecule has 1 aliphatic carbocycles. The van der Waals surface area contributed by atoms with E-state index in [2.05, 4.69) is 10.4 Å². The van der Waals surface area contributed by atoms with Gasteiger partial charge < -0.3 is 5.32 Å². The summed E-state index contributed by atoms with van der Waals surface area (Å²) in [6, 6.07) is 8.09. The van der Waals surface area contributed by atoms with Crippen molar-refractivity contribution in [3.8, 4) is 0 Å². The molecular weight excluding hydrogens is 355 g/mol. The molecule has 4 nitrogen and oxygen atoms in total. The Morgan fingerprint density at radius 2 is 1.96 bits per heavy atom. The molecule has 1 N–H and O–H groups in total. The van der Waals surface area contributed by atoms with E-state index >= 15 is 0 Å². The summed E-state index contributed by atoms with van der Waals surface area (Å²) in [5, 5.41) is 7.02. The number of alkyl halides is 3. The molecule has 2 unspecified atom stereocenters. The van der Waals surface area contributed by atoms with Crippen LogP contribution in [0.25, 0.3) is 0 Å². The van der Waals surface area contributed by atoms with Gasteiger partial charge in [-0.15, -0.1) is 0 Å². The number of nitrogens with zero attached hydrogens (tertiary/aromatic N) is 2. The third-order valence-electron chi connectivity index (χ3n) is 5.13. The van der Waals surface area contributed by atoms with Crippen molar-refractivity contribution in [3.05, 3.63) is 52.8 Å². The summed E-state index contributed by atoms with van der Waals surface area (Å²) in [7, 11) is 0. The Hall–Kier alpha value is -2.31. The third-order valence-corrected chi connectivity index (χ3v) is 5.13.